The molecule has 0 aliphatic carbocycles. The molecule has 100 valence electrons. The van der Waals surface area contributed by atoms with Gasteiger partial charge in [0.1, 0.15) is 0 Å². The Hall–Kier alpha value is -1.03. The normalized spacial score (nSPS) is 10.5. The molecule has 2 nitrogen and oxygen atoms in total. The topological polar surface area (TPSA) is 29.3 Å². The number of nitrogens with zero attached hydrogens (tertiary/aromatic N) is 1. The number of rotatable bonds is 4. The molecule has 0 saturated carbocycles. The molecule has 0 aliphatic heterocycles. The van der Waals surface area contributed by atoms with Gasteiger partial charge in [-0.2, -0.15) is 0 Å². The van der Waals surface area contributed by atoms with E-state index in [4.69, 9.17) is 17.3 Å². The van der Waals surface area contributed by atoms with Crippen molar-refractivity contribution in [3.8, 4) is 0 Å². The Morgan fingerprint density at radius 2 is 2.00 bits per heavy atom. The van der Waals surface area contributed by atoms with Crippen LogP contribution in [0, 0.1) is 0 Å². The summed E-state index contributed by atoms with van der Waals surface area (Å²) in [5, 5.41) is 0.765. The van der Waals surface area contributed by atoms with Crippen molar-refractivity contribution in [1.29, 1.82) is 0 Å². The zero-order valence-electron chi connectivity index (χ0n) is 10.7. The maximum absolute atomic E-state index is 6.01. The predicted molar refractivity (Wildman–Crippen MR) is 85.6 cm³/mol. The van der Waals surface area contributed by atoms with Crippen LogP contribution in [-0.4, -0.2) is 7.05 Å². The lowest BCUT2D eigenvalue weighted by atomic mass is 10.1. The number of hydrogen-bond acceptors (Lipinski definition) is 2. The summed E-state index contributed by atoms with van der Waals surface area (Å²) < 4.78 is 1.05. The molecule has 0 unspecified atom stereocenters. The number of hydrogen-bond donors (Lipinski definition) is 1. The fourth-order valence-electron chi connectivity index (χ4n) is 2.08. The number of benzene rings is 2. The minimum atomic E-state index is 0.522. The van der Waals surface area contributed by atoms with E-state index in [2.05, 4.69) is 46.1 Å². The third-order valence-corrected chi connectivity index (χ3v) is 3.71. The van der Waals surface area contributed by atoms with E-state index in [0.29, 0.717) is 6.54 Å². The first-order valence-electron chi connectivity index (χ1n) is 6.04. The SMILES string of the molecule is CN(Cc1cccc(Cl)c1)c1ccc(Br)cc1CN. The van der Waals surface area contributed by atoms with Crippen LogP contribution in [0.4, 0.5) is 5.69 Å². The molecule has 0 aromatic heterocycles. The summed E-state index contributed by atoms with van der Waals surface area (Å²) in [7, 11) is 2.06. The first-order chi connectivity index (χ1) is 9.10. The molecular formula is C15H16BrClN2. The van der Waals surface area contributed by atoms with Gasteiger partial charge in [0.25, 0.3) is 0 Å². The molecule has 4 heteroatoms. The second kappa shape index (κ2) is 6.42. The zero-order chi connectivity index (χ0) is 13.8. The molecule has 0 bridgehead atoms. The standard InChI is InChI=1S/C15H16BrClN2/c1-19(10-11-3-2-4-14(17)7-11)15-6-5-13(16)8-12(15)9-18/h2-8H,9-10,18H2,1H3. The highest BCUT2D eigenvalue weighted by Crippen LogP contribution is 2.25. The van der Waals surface area contributed by atoms with Crippen LogP contribution >= 0.6 is 27.5 Å². The van der Waals surface area contributed by atoms with E-state index < -0.39 is 0 Å². The molecule has 0 spiro atoms. The molecule has 0 amide bonds. The average Bonchev–Trinajstić information content (AvgIpc) is 2.38. The van der Waals surface area contributed by atoms with E-state index in [9.17, 15) is 0 Å². The Bertz CT molecular complexity index is 572. The van der Waals surface area contributed by atoms with Crippen LogP contribution in [0.25, 0.3) is 0 Å². The molecular weight excluding hydrogens is 324 g/mol. The van der Waals surface area contributed by atoms with Gasteiger partial charge in [-0.3, -0.25) is 0 Å². The minimum Gasteiger partial charge on any atom is -0.370 e. The van der Waals surface area contributed by atoms with E-state index >= 15 is 0 Å². The smallest absolute Gasteiger partial charge is 0.0426 e. The van der Waals surface area contributed by atoms with Gasteiger partial charge in [0.05, 0.1) is 0 Å². The lowest BCUT2D eigenvalue weighted by Crippen LogP contribution is -2.18. The highest BCUT2D eigenvalue weighted by Gasteiger charge is 2.08. The number of halogens is 2. The minimum absolute atomic E-state index is 0.522. The van der Waals surface area contributed by atoms with Gasteiger partial charge in [-0.05, 0) is 41.5 Å². The van der Waals surface area contributed by atoms with Crippen LogP contribution in [0.1, 0.15) is 11.1 Å². The fraction of sp³-hybridized carbons (Fsp3) is 0.200. The molecule has 0 fully saturated rings. The molecule has 2 aromatic carbocycles. The van der Waals surface area contributed by atoms with Crippen LogP contribution in [0.15, 0.2) is 46.9 Å². The highest BCUT2D eigenvalue weighted by molar-refractivity contribution is 9.10. The van der Waals surface area contributed by atoms with Crippen molar-refractivity contribution in [1.82, 2.24) is 0 Å². The van der Waals surface area contributed by atoms with Crippen LogP contribution in [0.2, 0.25) is 5.02 Å². The summed E-state index contributed by atoms with van der Waals surface area (Å²) in [6.45, 7) is 1.32. The molecule has 2 aromatic rings. The van der Waals surface area contributed by atoms with Crippen molar-refractivity contribution in [2.24, 2.45) is 5.73 Å². The van der Waals surface area contributed by atoms with E-state index in [-0.39, 0.29) is 0 Å². The van der Waals surface area contributed by atoms with Gasteiger partial charge in [0.2, 0.25) is 0 Å². The highest BCUT2D eigenvalue weighted by atomic mass is 79.9. The summed E-state index contributed by atoms with van der Waals surface area (Å²) >= 11 is 9.48. The molecule has 0 atom stereocenters. The Morgan fingerprint density at radius 3 is 2.68 bits per heavy atom. The van der Waals surface area contributed by atoms with Crippen LogP contribution in [0.5, 0.6) is 0 Å². The van der Waals surface area contributed by atoms with Crippen LogP contribution in [-0.2, 0) is 13.1 Å². The van der Waals surface area contributed by atoms with Gasteiger partial charge in [-0.25, -0.2) is 0 Å². The van der Waals surface area contributed by atoms with Crippen LogP contribution in [0.3, 0.4) is 0 Å². The summed E-state index contributed by atoms with van der Waals surface area (Å²) in [6.07, 6.45) is 0. The fourth-order valence-corrected chi connectivity index (χ4v) is 2.71. The Morgan fingerprint density at radius 1 is 1.21 bits per heavy atom. The molecule has 19 heavy (non-hydrogen) atoms. The maximum Gasteiger partial charge on any atom is 0.0426 e. The van der Waals surface area contributed by atoms with Crippen molar-refractivity contribution in [3.63, 3.8) is 0 Å². The first-order valence-corrected chi connectivity index (χ1v) is 7.21. The monoisotopic (exact) mass is 338 g/mol. The van der Waals surface area contributed by atoms with E-state index in [1.54, 1.807) is 0 Å². The van der Waals surface area contributed by atoms with Crippen LogP contribution < -0.4 is 10.6 Å². The second-order valence-electron chi connectivity index (χ2n) is 4.46. The largest absolute Gasteiger partial charge is 0.370 e. The van der Waals surface area contributed by atoms with Crippen molar-refractivity contribution >= 4 is 33.2 Å². The van der Waals surface area contributed by atoms with Crippen molar-refractivity contribution in [2.45, 2.75) is 13.1 Å². The van der Waals surface area contributed by atoms with E-state index in [1.165, 1.54) is 5.56 Å². The van der Waals surface area contributed by atoms with Gasteiger partial charge in [0, 0.05) is 35.3 Å². The van der Waals surface area contributed by atoms with Crippen molar-refractivity contribution in [2.75, 3.05) is 11.9 Å². The number of nitrogens with two attached hydrogens (primary N) is 1. The molecule has 2 rings (SSSR count). The second-order valence-corrected chi connectivity index (χ2v) is 5.82. The maximum atomic E-state index is 6.01. The van der Waals surface area contributed by atoms with Crippen molar-refractivity contribution in [3.05, 3.63) is 63.1 Å². The Labute approximate surface area is 127 Å². The first kappa shape index (κ1) is 14.4. The summed E-state index contributed by atoms with van der Waals surface area (Å²) in [5.41, 5.74) is 9.26. The average molecular weight is 340 g/mol. The van der Waals surface area contributed by atoms with E-state index in [0.717, 1.165) is 27.3 Å². The van der Waals surface area contributed by atoms with Gasteiger partial charge in [-0.1, -0.05) is 39.7 Å². The third kappa shape index (κ3) is 3.72. The molecule has 0 heterocycles. The number of anilines is 1. The van der Waals surface area contributed by atoms with Gasteiger partial charge >= 0.3 is 0 Å². The summed E-state index contributed by atoms with van der Waals surface area (Å²) in [5.74, 6) is 0. The third-order valence-electron chi connectivity index (χ3n) is 2.98. The lowest BCUT2D eigenvalue weighted by Gasteiger charge is -2.22. The Balaban J connectivity index is 2.22. The van der Waals surface area contributed by atoms with Gasteiger partial charge < -0.3 is 10.6 Å². The summed E-state index contributed by atoms with van der Waals surface area (Å²) in [4.78, 5) is 2.18. The molecule has 0 aliphatic rings. The summed E-state index contributed by atoms with van der Waals surface area (Å²) in [6, 6.07) is 14.1. The van der Waals surface area contributed by atoms with Crippen molar-refractivity contribution < 1.29 is 0 Å². The zero-order valence-corrected chi connectivity index (χ0v) is 13.1. The molecule has 0 radical (unpaired) electrons. The quantitative estimate of drug-likeness (QED) is 0.904. The lowest BCUT2D eigenvalue weighted by molar-refractivity contribution is 0.903. The molecule has 2 N–H and O–H groups in total. The van der Waals surface area contributed by atoms with Gasteiger partial charge in [-0.15, -0.1) is 0 Å². The van der Waals surface area contributed by atoms with Gasteiger partial charge in [0.15, 0.2) is 0 Å². The Kier molecular flexibility index (Phi) is 4.86. The van der Waals surface area contributed by atoms with E-state index in [1.807, 2.05) is 24.3 Å². The predicted octanol–water partition coefficient (Wildman–Crippen LogP) is 4.20. The molecule has 0 saturated heterocycles.